The minimum atomic E-state index is -0.566. The van der Waals surface area contributed by atoms with E-state index in [1.165, 1.54) is 4.68 Å². The molecule has 0 spiro atoms. The SMILES string of the molecule is CCOc1ccc(-c2nnc(S[C@@H](C)C(=O)NC(=O)NC3CCCC3)n2N)cc1. The fourth-order valence-electron chi connectivity index (χ4n) is 3.14. The Bertz CT molecular complexity index is 848. The fraction of sp³-hybridized carbons (Fsp3) is 0.474. The number of nitrogens with one attached hydrogen (secondary N) is 2. The van der Waals surface area contributed by atoms with Gasteiger partial charge in [-0.2, -0.15) is 0 Å². The average Bonchev–Trinajstić information content (AvgIpc) is 3.33. The second-order valence-corrected chi connectivity index (χ2v) is 8.15. The molecule has 0 bridgehead atoms. The number of carbonyl (C=O) groups excluding carboxylic acids is 2. The Kier molecular flexibility index (Phi) is 6.97. The first-order chi connectivity index (χ1) is 14.0. The average molecular weight is 419 g/mol. The lowest BCUT2D eigenvalue weighted by molar-refractivity contribution is -0.119. The molecule has 1 heterocycles. The molecule has 1 fully saturated rings. The van der Waals surface area contributed by atoms with Gasteiger partial charge in [0.15, 0.2) is 5.82 Å². The smallest absolute Gasteiger partial charge is 0.321 e. The number of nitrogens with two attached hydrogens (primary N) is 1. The lowest BCUT2D eigenvalue weighted by Crippen LogP contribution is -2.46. The number of hydrogen-bond acceptors (Lipinski definition) is 7. The topological polar surface area (TPSA) is 124 Å². The van der Waals surface area contributed by atoms with Crippen molar-refractivity contribution in [3.05, 3.63) is 24.3 Å². The lowest BCUT2D eigenvalue weighted by Gasteiger charge is -2.14. The van der Waals surface area contributed by atoms with Gasteiger partial charge < -0.3 is 15.9 Å². The highest BCUT2D eigenvalue weighted by molar-refractivity contribution is 8.00. The first kappa shape index (κ1) is 21.0. The lowest BCUT2D eigenvalue weighted by atomic mass is 10.2. The first-order valence-corrected chi connectivity index (χ1v) is 10.6. The quantitative estimate of drug-likeness (QED) is 0.465. The van der Waals surface area contributed by atoms with Crippen LogP contribution in [0.15, 0.2) is 29.4 Å². The molecule has 2 aromatic rings. The molecule has 156 valence electrons. The number of hydrogen-bond donors (Lipinski definition) is 3. The van der Waals surface area contributed by atoms with Crippen molar-refractivity contribution >= 4 is 23.7 Å². The van der Waals surface area contributed by atoms with Crippen LogP contribution in [0.5, 0.6) is 5.75 Å². The maximum Gasteiger partial charge on any atom is 0.321 e. The summed E-state index contributed by atoms with van der Waals surface area (Å²) in [5.41, 5.74) is 0.781. The third-order valence-electron chi connectivity index (χ3n) is 4.67. The van der Waals surface area contributed by atoms with Gasteiger partial charge in [0.2, 0.25) is 11.1 Å². The predicted octanol–water partition coefficient (Wildman–Crippen LogP) is 2.31. The number of benzene rings is 1. The molecule has 1 aromatic heterocycles. The van der Waals surface area contributed by atoms with Crippen LogP contribution >= 0.6 is 11.8 Å². The molecule has 29 heavy (non-hydrogen) atoms. The van der Waals surface area contributed by atoms with E-state index in [4.69, 9.17) is 10.6 Å². The summed E-state index contributed by atoms with van der Waals surface area (Å²) in [5.74, 6) is 6.95. The number of nitrogen functional groups attached to an aromatic ring is 1. The molecule has 0 saturated heterocycles. The number of aromatic nitrogens is 3. The van der Waals surface area contributed by atoms with E-state index < -0.39 is 17.2 Å². The van der Waals surface area contributed by atoms with Gasteiger partial charge >= 0.3 is 6.03 Å². The van der Waals surface area contributed by atoms with Gasteiger partial charge in [0.1, 0.15) is 5.75 Å². The van der Waals surface area contributed by atoms with Crippen molar-refractivity contribution < 1.29 is 14.3 Å². The first-order valence-electron chi connectivity index (χ1n) is 9.69. The number of carbonyl (C=O) groups is 2. The van der Waals surface area contributed by atoms with Crippen LogP contribution < -0.4 is 21.2 Å². The molecule has 3 amide bonds. The van der Waals surface area contributed by atoms with E-state index in [0.29, 0.717) is 17.6 Å². The van der Waals surface area contributed by atoms with Crippen LogP contribution in [0.25, 0.3) is 11.4 Å². The zero-order chi connectivity index (χ0) is 20.8. The van der Waals surface area contributed by atoms with Crippen molar-refractivity contribution in [3.8, 4) is 17.1 Å². The van der Waals surface area contributed by atoms with E-state index in [2.05, 4.69) is 20.8 Å². The Balaban J connectivity index is 1.58. The van der Waals surface area contributed by atoms with E-state index in [1.54, 1.807) is 6.92 Å². The molecule has 1 saturated carbocycles. The Morgan fingerprint density at radius 1 is 1.28 bits per heavy atom. The molecule has 1 atom stereocenters. The molecule has 0 aliphatic heterocycles. The highest BCUT2D eigenvalue weighted by Crippen LogP contribution is 2.26. The van der Waals surface area contributed by atoms with Gasteiger partial charge in [-0.25, -0.2) is 9.47 Å². The standard InChI is InChI=1S/C19H26N6O3S/c1-3-28-15-10-8-13(9-11-15)16-23-24-19(25(16)20)29-12(2)17(26)22-18(27)21-14-6-4-5-7-14/h8-12,14H,3-7,20H2,1-2H3,(H2,21,22,26,27)/t12-/m0/s1. The second kappa shape index (κ2) is 9.64. The van der Waals surface area contributed by atoms with E-state index in [-0.39, 0.29) is 6.04 Å². The monoisotopic (exact) mass is 418 g/mol. The molecule has 10 heteroatoms. The fourth-order valence-corrected chi connectivity index (χ4v) is 3.91. The van der Waals surface area contributed by atoms with Crippen LogP contribution in [0, 0.1) is 0 Å². The highest BCUT2D eigenvalue weighted by Gasteiger charge is 2.23. The molecule has 0 unspecified atom stereocenters. The number of thioether (sulfide) groups is 1. The maximum absolute atomic E-state index is 12.3. The van der Waals surface area contributed by atoms with Gasteiger partial charge in [-0.15, -0.1) is 10.2 Å². The third kappa shape index (κ3) is 5.41. The molecule has 0 radical (unpaired) electrons. The zero-order valence-electron chi connectivity index (χ0n) is 16.6. The van der Waals surface area contributed by atoms with Crippen molar-refractivity contribution in [2.45, 2.75) is 56.0 Å². The summed E-state index contributed by atoms with van der Waals surface area (Å²) < 4.78 is 6.77. The normalized spacial score (nSPS) is 15.1. The number of nitrogens with zero attached hydrogens (tertiary/aromatic N) is 3. The largest absolute Gasteiger partial charge is 0.494 e. The summed E-state index contributed by atoms with van der Waals surface area (Å²) in [6.07, 6.45) is 4.12. The Morgan fingerprint density at radius 2 is 1.97 bits per heavy atom. The molecule has 9 nitrogen and oxygen atoms in total. The van der Waals surface area contributed by atoms with Gasteiger partial charge in [-0.3, -0.25) is 10.1 Å². The predicted molar refractivity (Wildman–Crippen MR) is 111 cm³/mol. The minimum Gasteiger partial charge on any atom is -0.494 e. The molecular formula is C19H26N6O3S. The molecule has 4 N–H and O–H groups in total. The summed E-state index contributed by atoms with van der Waals surface area (Å²) >= 11 is 1.14. The summed E-state index contributed by atoms with van der Waals surface area (Å²) in [6.45, 7) is 4.20. The van der Waals surface area contributed by atoms with Crippen molar-refractivity contribution in [3.63, 3.8) is 0 Å². The second-order valence-electron chi connectivity index (χ2n) is 6.84. The van der Waals surface area contributed by atoms with Crippen molar-refractivity contribution in [2.75, 3.05) is 12.4 Å². The van der Waals surface area contributed by atoms with Gasteiger partial charge in [0.25, 0.3) is 0 Å². The van der Waals surface area contributed by atoms with E-state index >= 15 is 0 Å². The van der Waals surface area contributed by atoms with Gasteiger partial charge in [-0.05, 0) is 51.0 Å². The van der Waals surface area contributed by atoms with Crippen LogP contribution in [0.4, 0.5) is 4.79 Å². The Labute approximate surface area is 173 Å². The minimum absolute atomic E-state index is 0.148. The molecule has 1 aliphatic carbocycles. The van der Waals surface area contributed by atoms with Gasteiger partial charge in [0.05, 0.1) is 11.9 Å². The van der Waals surface area contributed by atoms with Gasteiger partial charge in [-0.1, -0.05) is 24.6 Å². The van der Waals surface area contributed by atoms with E-state index in [0.717, 1.165) is 48.8 Å². The van der Waals surface area contributed by atoms with E-state index in [9.17, 15) is 9.59 Å². The summed E-state index contributed by atoms with van der Waals surface area (Å²) in [4.78, 5) is 24.3. The van der Waals surface area contributed by atoms with Crippen LogP contribution in [-0.2, 0) is 4.79 Å². The van der Waals surface area contributed by atoms with Crippen LogP contribution in [0.3, 0.4) is 0 Å². The summed E-state index contributed by atoms with van der Waals surface area (Å²) in [6, 6.07) is 7.04. The number of urea groups is 1. The molecule has 1 aromatic carbocycles. The summed E-state index contributed by atoms with van der Waals surface area (Å²) in [5, 5.41) is 13.2. The highest BCUT2D eigenvalue weighted by atomic mass is 32.2. The van der Waals surface area contributed by atoms with Gasteiger partial charge in [0, 0.05) is 11.6 Å². The van der Waals surface area contributed by atoms with Crippen LogP contribution in [-0.4, -0.2) is 44.7 Å². The number of ether oxygens (including phenoxy) is 1. The molecular weight excluding hydrogens is 392 g/mol. The third-order valence-corrected chi connectivity index (χ3v) is 5.72. The molecule has 1 aliphatic rings. The van der Waals surface area contributed by atoms with Crippen molar-refractivity contribution in [1.29, 1.82) is 0 Å². The Hall–Kier alpha value is -2.75. The Morgan fingerprint density at radius 3 is 2.62 bits per heavy atom. The number of amides is 3. The molecule has 3 rings (SSSR count). The van der Waals surface area contributed by atoms with Crippen LogP contribution in [0.2, 0.25) is 0 Å². The van der Waals surface area contributed by atoms with E-state index in [1.807, 2.05) is 31.2 Å². The number of imide groups is 1. The zero-order valence-corrected chi connectivity index (χ0v) is 17.4. The van der Waals surface area contributed by atoms with Crippen molar-refractivity contribution in [2.24, 2.45) is 0 Å². The van der Waals surface area contributed by atoms with Crippen molar-refractivity contribution in [1.82, 2.24) is 25.5 Å². The van der Waals surface area contributed by atoms with Crippen LogP contribution in [0.1, 0.15) is 39.5 Å². The summed E-state index contributed by atoms with van der Waals surface area (Å²) in [7, 11) is 0. The number of rotatable bonds is 7. The maximum atomic E-state index is 12.3.